The van der Waals surface area contributed by atoms with Gasteiger partial charge in [-0.1, -0.05) is 18.2 Å². The highest BCUT2D eigenvalue weighted by atomic mass is 32.2. The van der Waals surface area contributed by atoms with Gasteiger partial charge in [0.05, 0.1) is 5.75 Å². The molecule has 0 atom stereocenters. The monoisotopic (exact) mass is 430 g/mol. The van der Waals surface area contributed by atoms with Gasteiger partial charge in [-0.3, -0.25) is 0 Å². The summed E-state index contributed by atoms with van der Waals surface area (Å²) in [6, 6.07) is 12.5. The Morgan fingerprint density at radius 1 is 1.03 bits per heavy atom. The zero-order valence-electron chi connectivity index (χ0n) is 15.0. The predicted molar refractivity (Wildman–Crippen MR) is 98.4 cm³/mol. The predicted octanol–water partition coefficient (Wildman–Crippen LogP) is 4.77. The first-order valence-corrected chi connectivity index (χ1v) is 10.1. The van der Waals surface area contributed by atoms with Crippen molar-refractivity contribution >= 4 is 21.1 Å². The van der Waals surface area contributed by atoms with E-state index < -0.39 is 34.9 Å². The van der Waals surface area contributed by atoms with E-state index in [2.05, 4.69) is 0 Å². The van der Waals surface area contributed by atoms with Gasteiger partial charge in [0.1, 0.15) is 23.9 Å². The van der Waals surface area contributed by atoms with Crippen LogP contribution in [0.4, 0.5) is 13.2 Å². The Balaban J connectivity index is 1.72. The van der Waals surface area contributed by atoms with Crippen molar-refractivity contribution in [1.82, 2.24) is 0 Å². The number of hydrogen-bond acceptors (Lipinski definition) is 6. The van der Waals surface area contributed by atoms with Gasteiger partial charge in [-0.25, -0.2) is 0 Å². The SMILES string of the molecule is O=S(=O)(CCCC(F)(F)F)Oc1cccc(Oc2cccc3cc(CO)oc23)c1. The molecule has 1 heterocycles. The van der Waals surface area contributed by atoms with Gasteiger partial charge in [-0.2, -0.15) is 21.6 Å². The molecule has 0 saturated carbocycles. The van der Waals surface area contributed by atoms with Crippen LogP contribution in [0.25, 0.3) is 11.0 Å². The first kappa shape index (κ1) is 21.0. The Morgan fingerprint density at radius 2 is 1.76 bits per heavy atom. The number of para-hydroxylation sites is 1. The van der Waals surface area contributed by atoms with Crippen molar-refractivity contribution in [2.45, 2.75) is 25.6 Å². The Labute approximate surface area is 164 Å². The number of ether oxygens (including phenoxy) is 1. The largest absolute Gasteiger partial charge is 0.455 e. The summed E-state index contributed by atoms with van der Waals surface area (Å²) in [6.45, 7) is -0.274. The number of alkyl halides is 3. The molecule has 1 aromatic heterocycles. The minimum atomic E-state index is -4.42. The molecule has 0 amide bonds. The van der Waals surface area contributed by atoms with E-state index >= 15 is 0 Å². The van der Waals surface area contributed by atoms with Gasteiger partial charge in [0.25, 0.3) is 0 Å². The van der Waals surface area contributed by atoms with E-state index in [0.717, 1.165) is 0 Å². The fourth-order valence-electron chi connectivity index (χ4n) is 2.60. The summed E-state index contributed by atoms with van der Waals surface area (Å²) in [5.74, 6) is 0.0952. The minimum absolute atomic E-state index is 0.0859. The lowest BCUT2D eigenvalue weighted by molar-refractivity contribution is -0.134. The van der Waals surface area contributed by atoms with Crippen LogP contribution >= 0.6 is 0 Å². The average Bonchev–Trinajstić information content (AvgIpc) is 3.05. The molecule has 0 aliphatic rings. The van der Waals surface area contributed by atoms with Gasteiger partial charge in [0, 0.05) is 17.9 Å². The lowest BCUT2D eigenvalue weighted by Gasteiger charge is -2.10. The number of halogens is 3. The molecule has 0 radical (unpaired) electrons. The van der Waals surface area contributed by atoms with Gasteiger partial charge in [0.2, 0.25) is 0 Å². The molecule has 0 aliphatic heterocycles. The summed E-state index contributed by atoms with van der Waals surface area (Å²) in [6.07, 6.45) is -6.22. The van der Waals surface area contributed by atoms with E-state index in [1.54, 1.807) is 30.3 Å². The van der Waals surface area contributed by atoms with Crippen molar-refractivity contribution in [3.05, 3.63) is 54.3 Å². The number of aliphatic hydroxyl groups excluding tert-OH is 1. The Bertz CT molecular complexity index is 1090. The molecule has 0 aliphatic carbocycles. The molecule has 29 heavy (non-hydrogen) atoms. The van der Waals surface area contributed by atoms with Gasteiger partial charge >= 0.3 is 16.3 Å². The maximum absolute atomic E-state index is 12.2. The van der Waals surface area contributed by atoms with Crippen molar-refractivity contribution in [3.8, 4) is 17.2 Å². The maximum atomic E-state index is 12.2. The first-order valence-electron chi connectivity index (χ1n) is 8.54. The van der Waals surface area contributed by atoms with Gasteiger partial charge in [0.15, 0.2) is 11.3 Å². The molecule has 1 N–H and O–H groups in total. The molecule has 0 saturated heterocycles. The van der Waals surface area contributed by atoms with Crippen LogP contribution in [0.5, 0.6) is 17.2 Å². The molecule has 0 spiro atoms. The third-order valence-corrected chi connectivity index (χ3v) is 5.06. The van der Waals surface area contributed by atoms with Crippen LogP contribution in [0.2, 0.25) is 0 Å². The normalized spacial score (nSPS) is 12.3. The Kier molecular flexibility index (Phi) is 6.04. The van der Waals surface area contributed by atoms with Crippen LogP contribution < -0.4 is 8.92 Å². The number of furan rings is 1. The van der Waals surface area contributed by atoms with E-state index in [4.69, 9.17) is 13.3 Å². The fourth-order valence-corrected chi connectivity index (χ4v) is 3.58. The molecule has 0 bridgehead atoms. The number of benzene rings is 2. The highest BCUT2D eigenvalue weighted by Crippen LogP contribution is 2.33. The molecule has 6 nitrogen and oxygen atoms in total. The maximum Gasteiger partial charge on any atom is 0.389 e. The second-order valence-corrected chi connectivity index (χ2v) is 7.88. The highest BCUT2D eigenvalue weighted by molar-refractivity contribution is 7.87. The van der Waals surface area contributed by atoms with E-state index in [9.17, 15) is 26.7 Å². The second kappa shape index (κ2) is 8.34. The van der Waals surface area contributed by atoms with Crippen molar-refractivity contribution in [2.24, 2.45) is 0 Å². The number of hydrogen-bond donors (Lipinski definition) is 1. The smallest absolute Gasteiger partial charge is 0.389 e. The zero-order valence-corrected chi connectivity index (χ0v) is 15.8. The van der Waals surface area contributed by atoms with Crippen molar-refractivity contribution in [3.63, 3.8) is 0 Å². The van der Waals surface area contributed by atoms with Crippen molar-refractivity contribution < 1.29 is 40.0 Å². The number of rotatable bonds is 8. The summed E-state index contributed by atoms with van der Waals surface area (Å²) in [7, 11) is -4.18. The number of fused-ring (bicyclic) bond motifs is 1. The fraction of sp³-hybridized carbons (Fsp3) is 0.263. The van der Waals surface area contributed by atoms with Crippen LogP contribution in [0.3, 0.4) is 0 Å². The molecular formula is C19H17F3O6S. The quantitative estimate of drug-likeness (QED) is 0.518. The third-order valence-electron chi connectivity index (χ3n) is 3.83. The zero-order chi connectivity index (χ0) is 21.1. The van der Waals surface area contributed by atoms with Crippen molar-refractivity contribution in [1.29, 1.82) is 0 Å². The number of aliphatic hydroxyl groups is 1. The summed E-state index contributed by atoms with van der Waals surface area (Å²) in [4.78, 5) is 0. The van der Waals surface area contributed by atoms with Crippen molar-refractivity contribution in [2.75, 3.05) is 5.75 Å². The molecule has 0 unspecified atom stereocenters. The summed E-state index contributed by atoms with van der Waals surface area (Å²) < 4.78 is 76.4. The molecule has 156 valence electrons. The van der Waals surface area contributed by atoms with E-state index in [-0.39, 0.29) is 18.1 Å². The van der Waals surface area contributed by atoms with Crippen LogP contribution in [0, 0.1) is 0 Å². The average molecular weight is 430 g/mol. The molecule has 3 aromatic rings. The molecular weight excluding hydrogens is 413 g/mol. The summed E-state index contributed by atoms with van der Waals surface area (Å²) in [5, 5.41) is 9.91. The first-order chi connectivity index (χ1) is 13.6. The summed E-state index contributed by atoms with van der Waals surface area (Å²) in [5.41, 5.74) is 0.405. The summed E-state index contributed by atoms with van der Waals surface area (Å²) >= 11 is 0. The van der Waals surface area contributed by atoms with Crippen LogP contribution in [-0.4, -0.2) is 25.5 Å². The second-order valence-electron chi connectivity index (χ2n) is 6.19. The van der Waals surface area contributed by atoms with Gasteiger partial charge < -0.3 is 18.4 Å². The van der Waals surface area contributed by atoms with Crippen LogP contribution in [-0.2, 0) is 16.7 Å². The Hall–Kier alpha value is -2.72. The van der Waals surface area contributed by atoms with Gasteiger partial charge in [-0.05, 0) is 30.7 Å². The van der Waals surface area contributed by atoms with Crippen LogP contribution in [0.1, 0.15) is 18.6 Å². The van der Waals surface area contributed by atoms with E-state index in [1.807, 2.05) is 0 Å². The lowest BCUT2D eigenvalue weighted by Crippen LogP contribution is -2.16. The van der Waals surface area contributed by atoms with Crippen LogP contribution in [0.15, 0.2) is 52.9 Å². The molecule has 2 aromatic carbocycles. The topological polar surface area (TPSA) is 86.0 Å². The highest BCUT2D eigenvalue weighted by Gasteiger charge is 2.28. The third kappa shape index (κ3) is 5.88. The minimum Gasteiger partial charge on any atom is -0.455 e. The van der Waals surface area contributed by atoms with E-state index in [0.29, 0.717) is 22.5 Å². The Morgan fingerprint density at radius 3 is 2.48 bits per heavy atom. The van der Waals surface area contributed by atoms with E-state index in [1.165, 1.54) is 18.2 Å². The lowest BCUT2D eigenvalue weighted by atomic mass is 10.2. The molecule has 0 fully saturated rings. The molecule has 10 heteroatoms. The molecule has 3 rings (SSSR count). The standard InChI is InChI=1S/C19H17F3O6S/c20-19(21,22)8-3-9-29(24,25)28-15-6-2-5-14(11-15)26-17-7-1-4-13-10-16(12-23)27-18(13)17/h1-2,4-7,10-11,23H,3,8-9,12H2. The van der Waals surface area contributed by atoms with Gasteiger partial charge in [-0.15, -0.1) is 0 Å².